The van der Waals surface area contributed by atoms with Crippen LogP contribution in [0.2, 0.25) is 15.2 Å². The number of benzene rings is 1. The van der Waals surface area contributed by atoms with Crippen molar-refractivity contribution in [2.24, 2.45) is 0 Å². The second kappa shape index (κ2) is 5.85. The Hall–Kier alpha value is -1.07. The van der Waals surface area contributed by atoms with Gasteiger partial charge in [0, 0.05) is 27.7 Å². The van der Waals surface area contributed by atoms with Gasteiger partial charge in [-0.1, -0.05) is 34.8 Å². The third-order valence-corrected chi connectivity index (χ3v) is 7.14. The van der Waals surface area contributed by atoms with Gasteiger partial charge in [-0.3, -0.25) is 0 Å². The highest BCUT2D eigenvalue weighted by atomic mass is 35.5. The summed E-state index contributed by atoms with van der Waals surface area (Å²) in [7, 11) is 1.17. The number of methoxy groups -OCH3 is 1. The Morgan fingerprint density at radius 1 is 1.05 bits per heavy atom. The molecule has 0 N–H and O–H groups in total. The van der Waals surface area contributed by atoms with E-state index in [9.17, 15) is 0 Å². The average Bonchev–Trinajstić information content (AvgIpc) is 2.92. The molecule has 0 radical (unpaired) electrons. The first-order chi connectivity index (χ1) is 10.5. The first-order valence-corrected chi connectivity index (χ1v) is 8.83. The number of aromatic nitrogens is 2. The van der Waals surface area contributed by atoms with Crippen LogP contribution in [0.4, 0.5) is 0 Å². The predicted molar refractivity (Wildman–Crippen MR) is 94.4 cm³/mol. The summed E-state index contributed by atoms with van der Waals surface area (Å²) in [6.07, 6.45) is 1.46. The Morgan fingerprint density at radius 3 is 2.27 bits per heavy atom. The molecule has 1 aromatic carbocycles. The van der Waals surface area contributed by atoms with Crippen molar-refractivity contribution in [2.75, 3.05) is 7.11 Å². The first-order valence-electron chi connectivity index (χ1n) is 6.41. The van der Waals surface area contributed by atoms with Gasteiger partial charge in [0.25, 0.3) is 0 Å². The zero-order chi connectivity index (χ0) is 16.0. The minimum absolute atomic E-state index is 0.393. The normalized spacial score (nSPS) is 12.0. The molecule has 0 aliphatic carbocycles. The molecule has 3 rings (SSSR count). The highest BCUT2D eigenvalue weighted by Crippen LogP contribution is 2.51. The molecule has 22 heavy (non-hydrogen) atoms. The van der Waals surface area contributed by atoms with Gasteiger partial charge in [0.15, 0.2) is 15.8 Å². The summed E-state index contributed by atoms with van der Waals surface area (Å²) in [6.45, 7) is 3.92. The molecule has 0 aliphatic heterocycles. The van der Waals surface area contributed by atoms with Gasteiger partial charge in [-0.2, -0.15) is 0 Å². The second-order valence-corrected chi connectivity index (χ2v) is 7.64. The third kappa shape index (κ3) is 2.26. The van der Waals surface area contributed by atoms with Crippen LogP contribution in [-0.2, 0) is 0 Å². The quantitative estimate of drug-likeness (QED) is 0.410. The molecular weight excluding hydrogens is 363 g/mol. The van der Waals surface area contributed by atoms with Crippen LogP contribution in [0.3, 0.4) is 0 Å². The Bertz CT molecular complexity index is 863. The topological polar surface area (TPSA) is 35.0 Å². The number of hydrogen-bond acceptors (Lipinski definition) is 3. The summed E-state index contributed by atoms with van der Waals surface area (Å²) in [5, 5.41) is 3.57. The second-order valence-electron chi connectivity index (χ2n) is 4.76. The summed E-state index contributed by atoms with van der Waals surface area (Å²) in [6, 6.07) is 1.96. The van der Waals surface area contributed by atoms with E-state index in [4.69, 9.17) is 39.5 Å². The molecule has 0 saturated carbocycles. The molecule has 3 aromatic rings. The molecule has 2 heterocycles. The highest BCUT2D eigenvalue weighted by Gasteiger charge is 2.29. The summed E-state index contributed by atoms with van der Waals surface area (Å²) in [5.41, 5.74) is 2.70. The molecule has 0 fully saturated rings. The lowest BCUT2D eigenvalue weighted by Crippen LogP contribution is -1.94. The average molecular weight is 375 g/mol. The van der Waals surface area contributed by atoms with Crippen LogP contribution in [0.5, 0.6) is 5.75 Å². The van der Waals surface area contributed by atoms with E-state index < -0.39 is 10.5 Å². The maximum atomic E-state index is 6.43. The number of halogens is 3. The largest absolute Gasteiger partial charge is 0.494 e. The van der Waals surface area contributed by atoms with Crippen LogP contribution in [0.15, 0.2) is 17.8 Å². The molecule has 1 atom stereocenters. The minimum atomic E-state index is -0.393. The van der Waals surface area contributed by atoms with Crippen molar-refractivity contribution in [2.45, 2.75) is 13.8 Å². The summed E-state index contributed by atoms with van der Waals surface area (Å²) >= 11 is 19.1. The summed E-state index contributed by atoms with van der Waals surface area (Å²) < 4.78 is 6.23. The van der Waals surface area contributed by atoms with Crippen LogP contribution >= 0.6 is 45.3 Å². The number of rotatable bonds is 2. The number of ether oxygens (including phenoxy) is 1. The van der Waals surface area contributed by atoms with E-state index in [1.54, 1.807) is 7.11 Å². The lowest BCUT2D eigenvalue weighted by Gasteiger charge is -2.12. The zero-order valence-electron chi connectivity index (χ0n) is 12.1. The van der Waals surface area contributed by atoms with E-state index in [0.29, 0.717) is 20.9 Å². The predicted octanol–water partition coefficient (Wildman–Crippen LogP) is 5.95. The Balaban J connectivity index is 2.42. The molecule has 0 amide bonds. The van der Waals surface area contributed by atoms with Crippen molar-refractivity contribution in [1.29, 1.82) is 0 Å². The van der Waals surface area contributed by atoms with Crippen LogP contribution in [0, 0.1) is 13.8 Å². The number of fused-ring (bicyclic) bond motifs is 1. The van der Waals surface area contributed by atoms with Gasteiger partial charge >= 0.3 is 0 Å². The monoisotopic (exact) mass is 373 g/mol. The highest BCUT2D eigenvalue weighted by molar-refractivity contribution is 7.44. The van der Waals surface area contributed by atoms with Crippen LogP contribution < -0.4 is 4.74 Å². The maximum Gasteiger partial charge on any atom is 0.242 e. The molecule has 114 valence electrons. The van der Waals surface area contributed by atoms with Crippen molar-refractivity contribution in [3.8, 4) is 10.6 Å². The Labute approximate surface area is 145 Å². The molecule has 0 saturated heterocycles. The molecule has 2 aromatic heterocycles. The van der Waals surface area contributed by atoms with Gasteiger partial charge in [-0.05, 0) is 13.8 Å². The van der Waals surface area contributed by atoms with Gasteiger partial charge in [-0.25, -0.2) is 9.97 Å². The zero-order valence-corrected chi connectivity index (χ0v) is 15.2. The fourth-order valence-electron chi connectivity index (χ4n) is 2.48. The fourth-order valence-corrected chi connectivity index (χ4v) is 5.75. The summed E-state index contributed by atoms with van der Waals surface area (Å²) in [4.78, 5) is 9.41. The van der Waals surface area contributed by atoms with Crippen molar-refractivity contribution in [3.05, 3.63) is 44.1 Å². The van der Waals surface area contributed by atoms with E-state index in [2.05, 4.69) is 15.3 Å². The molecular formula is C15H12Cl3N2OS+. The van der Waals surface area contributed by atoms with Crippen molar-refractivity contribution in [3.63, 3.8) is 0 Å². The molecule has 1 unspecified atom stereocenters. The van der Waals surface area contributed by atoms with E-state index >= 15 is 0 Å². The minimum Gasteiger partial charge on any atom is -0.494 e. The van der Waals surface area contributed by atoms with E-state index in [-0.39, 0.29) is 0 Å². The van der Waals surface area contributed by atoms with Gasteiger partial charge in [-0.15, -0.1) is 0 Å². The smallest absolute Gasteiger partial charge is 0.242 e. The van der Waals surface area contributed by atoms with Crippen LogP contribution in [-0.4, -0.2) is 17.1 Å². The van der Waals surface area contributed by atoms with Crippen molar-refractivity contribution >= 4 is 55.5 Å². The molecule has 0 aliphatic rings. The SMILES string of the molecule is COc1c(Cl)c(C)c(-[s+]2ccc3ncnc(Cl)c32)c(C)c1Cl. The molecule has 0 spiro atoms. The Kier molecular flexibility index (Phi) is 4.21. The lowest BCUT2D eigenvalue weighted by atomic mass is 10.1. The maximum absolute atomic E-state index is 6.43. The molecule has 7 heteroatoms. The van der Waals surface area contributed by atoms with E-state index in [1.807, 2.05) is 19.9 Å². The number of hydrogen-bond donors (Lipinski definition) is 0. The Morgan fingerprint density at radius 2 is 1.68 bits per heavy atom. The lowest BCUT2D eigenvalue weighted by molar-refractivity contribution is 0.415. The van der Waals surface area contributed by atoms with E-state index in [0.717, 1.165) is 26.2 Å². The number of thiophene rings is 1. The van der Waals surface area contributed by atoms with Crippen LogP contribution in [0.25, 0.3) is 15.1 Å². The molecule has 3 nitrogen and oxygen atoms in total. The third-order valence-electron chi connectivity index (χ3n) is 3.53. The van der Waals surface area contributed by atoms with Crippen molar-refractivity contribution < 1.29 is 4.74 Å². The van der Waals surface area contributed by atoms with Gasteiger partial charge in [0.2, 0.25) is 4.70 Å². The van der Waals surface area contributed by atoms with Crippen LogP contribution in [0.1, 0.15) is 11.1 Å². The standard InChI is InChI=1S/C15H12Cl3N2OS/c1-7-10(16)12(21-3)11(17)8(2)13(7)22-5-4-9-14(22)15(18)20-6-19-9/h4-6H,1-3H3/q+1. The summed E-state index contributed by atoms with van der Waals surface area (Å²) in [5.74, 6) is 0.504. The molecule has 0 bridgehead atoms. The fraction of sp³-hybridized carbons (Fsp3) is 0.200. The van der Waals surface area contributed by atoms with E-state index in [1.165, 1.54) is 6.33 Å². The van der Waals surface area contributed by atoms with Crippen molar-refractivity contribution in [1.82, 2.24) is 9.97 Å². The number of nitrogens with zero attached hydrogens (tertiary/aromatic N) is 2. The first kappa shape index (κ1) is 15.8. The van der Waals surface area contributed by atoms with Gasteiger partial charge in [0.1, 0.15) is 17.2 Å². The van der Waals surface area contributed by atoms with Gasteiger partial charge in [0.05, 0.1) is 17.2 Å². The van der Waals surface area contributed by atoms with Gasteiger partial charge < -0.3 is 4.74 Å².